The van der Waals surface area contributed by atoms with Gasteiger partial charge in [-0.3, -0.25) is 4.79 Å². The average Bonchev–Trinajstić information content (AvgIpc) is 3.26. The predicted molar refractivity (Wildman–Crippen MR) is 105 cm³/mol. The number of amides is 1. The highest BCUT2D eigenvalue weighted by Crippen LogP contribution is 2.23. The maximum absolute atomic E-state index is 12.3. The third kappa shape index (κ3) is 4.04. The lowest BCUT2D eigenvalue weighted by molar-refractivity contribution is 0.0932. The molecule has 7 heteroatoms. The van der Waals surface area contributed by atoms with Gasteiger partial charge in [-0.1, -0.05) is 23.4 Å². The van der Waals surface area contributed by atoms with Crippen molar-refractivity contribution in [2.45, 2.75) is 13.0 Å². The summed E-state index contributed by atoms with van der Waals surface area (Å²) in [6.07, 6.45) is 0. The Bertz CT molecular complexity index is 918. The van der Waals surface area contributed by atoms with E-state index < -0.39 is 0 Å². The van der Waals surface area contributed by atoms with Crippen LogP contribution >= 0.6 is 0 Å². The smallest absolute Gasteiger partial charge is 0.251 e. The molecule has 1 aromatic heterocycles. The summed E-state index contributed by atoms with van der Waals surface area (Å²) in [7, 11) is 0. The van der Waals surface area contributed by atoms with Gasteiger partial charge in [0, 0.05) is 29.9 Å². The number of nitrogens with zero attached hydrogens (tertiary/aromatic N) is 3. The van der Waals surface area contributed by atoms with E-state index >= 15 is 0 Å². The van der Waals surface area contributed by atoms with Crippen LogP contribution in [0.5, 0.6) is 0 Å². The fourth-order valence-corrected chi connectivity index (χ4v) is 3.10. The summed E-state index contributed by atoms with van der Waals surface area (Å²) in [5.41, 5.74) is 2.61. The van der Waals surface area contributed by atoms with Gasteiger partial charge in [-0.25, -0.2) is 0 Å². The Morgan fingerprint density at radius 1 is 1.07 bits per heavy atom. The van der Waals surface area contributed by atoms with Crippen LogP contribution in [0.15, 0.2) is 59.1 Å². The van der Waals surface area contributed by atoms with Crippen molar-refractivity contribution < 1.29 is 14.1 Å². The van der Waals surface area contributed by atoms with Gasteiger partial charge in [0.25, 0.3) is 5.91 Å². The molecule has 0 saturated carbocycles. The summed E-state index contributed by atoms with van der Waals surface area (Å²) < 4.78 is 10.8. The number of hydrogen-bond donors (Lipinski definition) is 1. The molecule has 0 radical (unpaired) electrons. The summed E-state index contributed by atoms with van der Waals surface area (Å²) in [5, 5.41) is 6.93. The SMILES string of the molecule is CC(NC(=O)c1ccccc1)c1nc(-c2ccc(N3CCOCC3)cc2)no1. The zero-order valence-electron chi connectivity index (χ0n) is 15.7. The van der Waals surface area contributed by atoms with Gasteiger partial charge in [0.1, 0.15) is 6.04 Å². The average molecular weight is 378 g/mol. The fraction of sp³-hybridized carbons (Fsp3) is 0.286. The van der Waals surface area contributed by atoms with Crippen LogP contribution in [0.25, 0.3) is 11.4 Å². The van der Waals surface area contributed by atoms with Crippen molar-refractivity contribution in [2.75, 3.05) is 31.2 Å². The number of carbonyl (C=O) groups is 1. The molecular formula is C21H22N4O3. The Hall–Kier alpha value is -3.19. The highest BCUT2D eigenvalue weighted by Gasteiger charge is 2.18. The highest BCUT2D eigenvalue weighted by atomic mass is 16.5. The van der Waals surface area contributed by atoms with Crippen molar-refractivity contribution in [1.29, 1.82) is 0 Å². The number of carbonyl (C=O) groups excluding carboxylic acids is 1. The minimum Gasteiger partial charge on any atom is -0.378 e. The summed E-state index contributed by atoms with van der Waals surface area (Å²) in [6, 6.07) is 16.7. The lowest BCUT2D eigenvalue weighted by Crippen LogP contribution is -2.36. The molecule has 3 aromatic rings. The standard InChI is InChI=1S/C21H22N4O3/c1-15(22-20(26)17-5-3-2-4-6-17)21-23-19(24-28-21)16-7-9-18(10-8-16)25-11-13-27-14-12-25/h2-10,15H,11-14H2,1H3,(H,22,26). The molecule has 1 aliphatic rings. The Kier molecular flexibility index (Phi) is 5.34. The molecule has 1 aliphatic heterocycles. The highest BCUT2D eigenvalue weighted by molar-refractivity contribution is 5.94. The van der Waals surface area contributed by atoms with E-state index in [2.05, 4.69) is 32.5 Å². The minimum absolute atomic E-state index is 0.178. The van der Waals surface area contributed by atoms with Crippen LogP contribution in [-0.2, 0) is 4.74 Å². The van der Waals surface area contributed by atoms with Crippen molar-refractivity contribution in [3.8, 4) is 11.4 Å². The summed E-state index contributed by atoms with van der Waals surface area (Å²) in [4.78, 5) is 19.0. The molecule has 0 bridgehead atoms. The van der Waals surface area contributed by atoms with E-state index in [0.717, 1.165) is 37.6 Å². The number of aromatic nitrogens is 2. The first-order valence-electron chi connectivity index (χ1n) is 9.33. The second kappa shape index (κ2) is 8.22. The van der Waals surface area contributed by atoms with Gasteiger partial charge in [0.15, 0.2) is 0 Å². The largest absolute Gasteiger partial charge is 0.378 e. The van der Waals surface area contributed by atoms with Gasteiger partial charge in [-0.2, -0.15) is 4.98 Å². The Labute approximate surface area is 163 Å². The van der Waals surface area contributed by atoms with Crippen LogP contribution in [0.1, 0.15) is 29.2 Å². The molecule has 7 nitrogen and oxygen atoms in total. The number of hydrogen-bond acceptors (Lipinski definition) is 6. The van der Waals surface area contributed by atoms with E-state index in [9.17, 15) is 4.79 Å². The topological polar surface area (TPSA) is 80.5 Å². The first kappa shape index (κ1) is 18.2. The Morgan fingerprint density at radius 3 is 2.50 bits per heavy atom. The van der Waals surface area contributed by atoms with Gasteiger partial charge >= 0.3 is 0 Å². The number of benzene rings is 2. The van der Waals surface area contributed by atoms with Gasteiger partial charge in [0.05, 0.1) is 13.2 Å². The third-order valence-electron chi connectivity index (χ3n) is 4.70. The van der Waals surface area contributed by atoms with Gasteiger partial charge in [0.2, 0.25) is 11.7 Å². The molecule has 28 heavy (non-hydrogen) atoms. The zero-order valence-corrected chi connectivity index (χ0v) is 15.7. The first-order chi connectivity index (χ1) is 13.7. The van der Waals surface area contributed by atoms with Crippen molar-refractivity contribution in [1.82, 2.24) is 15.5 Å². The fourth-order valence-electron chi connectivity index (χ4n) is 3.10. The first-order valence-corrected chi connectivity index (χ1v) is 9.33. The third-order valence-corrected chi connectivity index (χ3v) is 4.70. The molecule has 1 saturated heterocycles. The number of nitrogens with one attached hydrogen (secondary N) is 1. The summed E-state index contributed by atoms with van der Waals surface area (Å²) >= 11 is 0. The quantitative estimate of drug-likeness (QED) is 0.735. The van der Waals surface area contributed by atoms with Crippen molar-refractivity contribution in [3.05, 3.63) is 66.1 Å². The van der Waals surface area contributed by atoms with Gasteiger partial charge < -0.3 is 19.5 Å². The van der Waals surface area contributed by atoms with Crippen molar-refractivity contribution in [3.63, 3.8) is 0 Å². The summed E-state index contributed by atoms with van der Waals surface area (Å²) in [6.45, 7) is 5.11. The zero-order chi connectivity index (χ0) is 19.3. The van der Waals surface area contributed by atoms with E-state index in [1.54, 1.807) is 12.1 Å². The van der Waals surface area contributed by atoms with Crippen LogP contribution in [0.4, 0.5) is 5.69 Å². The molecule has 2 heterocycles. The molecule has 1 amide bonds. The second-order valence-corrected chi connectivity index (χ2v) is 6.66. The Balaban J connectivity index is 1.42. The molecule has 2 aromatic carbocycles. The van der Waals surface area contributed by atoms with Gasteiger partial charge in [-0.05, 0) is 43.3 Å². The monoisotopic (exact) mass is 378 g/mol. The molecule has 1 atom stereocenters. The maximum atomic E-state index is 12.3. The van der Waals surface area contributed by atoms with Crippen LogP contribution < -0.4 is 10.2 Å². The molecule has 0 aliphatic carbocycles. The lowest BCUT2D eigenvalue weighted by atomic mass is 10.1. The van der Waals surface area contributed by atoms with Gasteiger partial charge in [-0.15, -0.1) is 0 Å². The maximum Gasteiger partial charge on any atom is 0.251 e. The lowest BCUT2D eigenvalue weighted by Gasteiger charge is -2.28. The van der Waals surface area contributed by atoms with E-state index in [0.29, 0.717) is 17.3 Å². The normalized spacial score (nSPS) is 15.2. The van der Waals surface area contributed by atoms with Crippen LogP contribution in [-0.4, -0.2) is 42.4 Å². The van der Waals surface area contributed by atoms with Crippen LogP contribution in [0.2, 0.25) is 0 Å². The van der Waals surface area contributed by atoms with E-state index in [-0.39, 0.29) is 11.9 Å². The number of ether oxygens (including phenoxy) is 1. The minimum atomic E-state index is -0.387. The predicted octanol–water partition coefficient (Wildman–Crippen LogP) is 3.06. The number of rotatable bonds is 5. The Morgan fingerprint density at radius 2 is 1.79 bits per heavy atom. The summed E-state index contributed by atoms with van der Waals surface area (Å²) in [5.74, 6) is 0.698. The second-order valence-electron chi connectivity index (χ2n) is 6.66. The molecule has 0 spiro atoms. The molecule has 1 unspecified atom stereocenters. The molecule has 1 N–H and O–H groups in total. The van der Waals surface area contributed by atoms with E-state index in [1.807, 2.05) is 37.3 Å². The van der Waals surface area contributed by atoms with Crippen molar-refractivity contribution >= 4 is 11.6 Å². The van der Waals surface area contributed by atoms with Crippen LogP contribution in [0, 0.1) is 0 Å². The van der Waals surface area contributed by atoms with E-state index in [4.69, 9.17) is 9.26 Å². The van der Waals surface area contributed by atoms with Crippen molar-refractivity contribution in [2.24, 2.45) is 0 Å². The molecule has 4 rings (SSSR count). The van der Waals surface area contributed by atoms with E-state index in [1.165, 1.54) is 0 Å². The molecule has 144 valence electrons. The van der Waals surface area contributed by atoms with Crippen LogP contribution in [0.3, 0.4) is 0 Å². The number of morpholine rings is 1. The molecular weight excluding hydrogens is 356 g/mol. The molecule has 1 fully saturated rings. The number of anilines is 1.